The SMILES string of the molecule is CCOC(=O)CNc1cccc2[nH]c(C#N)cc12. The van der Waals surface area contributed by atoms with E-state index in [1.807, 2.05) is 18.2 Å². The molecule has 0 amide bonds. The van der Waals surface area contributed by atoms with Crippen molar-refractivity contribution in [1.82, 2.24) is 4.98 Å². The fraction of sp³-hybridized carbons (Fsp3) is 0.231. The first-order valence-electron chi connectivity index (χ1n) is 5.66. The smallest absolute Gasteiger partial charge is 0.325 e. The predicted octanol–water partition coefficient (Wildman–Crippen LogP) is 2.01. The summed E-state index contributed by atoms with van der Waals surface area (Å²) in [5.74, 6) is -0.300. The topological polar surface area (TPSA) is 77.9 Å². The van der Waals surface area contributed by atoms with E-state index < -0.39 is 0 Å². The van der Waals surface area contributed by atoms with Crippen molar-refractivity contribution in [3.8, 4) is 6.07 Å². The fourth-order valence-corrected chi connectivity index (χ4v) is 1.75. The largest absolute Gasteiger partial charge is 0.465 e. The Morgan fingerprint density at radius 1 is 1.56 bits per heavy atom. The van der Waals surface area contributed by atoms with E-state index in [0.717, 1.165) is 16.6 Å². The van der Waals surface area contributed by atoms with Crippen LogP contribution in [-0.4, -0.2) is 24.1 Å². The molecule has 2 N–H and O–H groups in total. The lowest BCUT2D eigenvalue weighted by molar-refractivity contribution is -0.140. The fourth-order valence-electron chi connectivity index (χ4n) is 1.75. The van der Waals surface area contributed by atoms with Crippen LogP contribution in [0.1, 0.15) is 12.6 Å². The predicted molar refractivity (Wildman–Crippen MR) is 68.1 cm³/mol. The Kier molecular flexibility index (Phi) is 3.49. The van der Waals surface area contributed by atoms with Crippen LogP contribution in [-0.2, 0) is 9.53 Å². The summed E-state index contributed by atoms with van der Waals surface area (Å²) in [4.78, 5) is 14.3. The van der Waals surface area contributed by atoms with Crippen molar-refractivity contribution in [1.29, 1.82) is 5.26 Å². The second-order valence-corrected chi connectivity index (χ2v) is 3.72. The number of hydrogen-bond acceptors (Lipinski definition) is 4. The van der Waals surface area contributed by atoms with E-state index in [0.29, 0.717) is 12.3 Å². The van der Waals surface area contributed by atoms with E-state index in [1.54, 1.807) is 13.0 Å². The Labute approximate surface area is 104 Å². The molecule has 2 aromatic rings. The minimum absolute atomic E-state index is 0.111. The third kappa shape index (κ3) is 2.43. The highest BCUT2D eigenvalue weighted by molar-refractivity contribution is 5.94. The van der Waals surface area contributed by atoms with E-state index in [4.69, 9.17) is 10.00 Å². The Balaban J connectivity index is 2.20. The summed E-state index contributed by atoms with van der Waals surface area (Å²) >= 11 is 0. The van der Waals surface area contributed by atoms with Gasteiger partial charge in [0.05, 0.1) is 6.61 Å². The molecule has 5 heteroatoms. The lowest BCUT2D eigenvalue weighted by Crippen LogP contribution is -2.16. The number of rotatable bonds is 4. The minimum Gasteiger partial charge on any atom is -0.465 e. The molecular weight excluding hydrogens is 230 g/mol. The highest BCUT2D eigenvalue weighted by Crippen LogP contribution is 2.23. The van der Waals surface area contributed by atoms with Crippen molar-refractivity contribution < 1.29 is 9.53 Å². The summed E-state index contributed by atoms with van der Waals surface area (Å²) in [5.41, 5.74) is 2.16. The van der Waals surface area contributed by atoms with Crippen molar-refractivity contribution in [2.24, 2.45) is 0 Å². The lowest BCUT2D eigenvalue weighted by Gasteiger charge is -2.06. The molecule has 0 aliphatic rings. The van der Waals surface area contributed by atoms with Crippen molar-refractivity contribution in [2.75, 3.05) is 18.5 Å². The molecule has 0 aliphatic heterocycles. The summed E-state index contributed by atoms with van der Waals surface area (Å²) < 4.78 is 4.84. The summed E-state index contributed by atoms with van der Waals surface area (Å²) in [6.07, 6.45) is 0. The van der Waals surface area contributed by atoms with Gasteiger partial charge in [-0.15, -0.1) is 0 Å². The average Bonchev–Trinajstić information content (AvgIpc) is 2.80. The van der Waals surface area contributed by atoms with Gasteiger partial charge in [0, 0.05) is 16.6 Å². The van der Waals surface area contributed by atoms with E-state index in [-0.39, 0.29) is 12.5 Å². The van der Waals surface area contributed by atoms with E-state index in [9.17, 15) is 4.79 Å². The van der Waals surface area contributed by atoms with Gasteiger partial charge >= 0.3 is 5.97 Å². The van der Waals surface area contributed by atoms with E-state index in [1.165, 1.54) is 0 Å². The molecule has 1 aromatic heterocycles. The molecule has 1 heterocycles. The zero-order valence-corrected chi connectivity index (χ0v) is 9.99. The van der Waals surface area contributed by atoms with Gasteiger partial charge in [0.25, 0.3) is 0 Å². The zero-order valence-electron chi connectivity index (χ0n) is 9.99. The Morgan fingerprint density at radius 3 is 3.11 bits per heavy atom. The van der Waals surface area contributed by atoms with E-state index in [2.05, 4.69) is 16.4 Å². The van der Waals surface area contributed by atoms with Gasteiger partial charge in [0.15, 0.2) is 0 Å². The Morgan fingerprint density at radius 2 is 2.39 bits per heavy atom. The van der Waals surface area contributed by atoms with Gasteiger partial charge in [-0.2, -0.15) is 5.26 Å². The first-order valence-corrected chi connectivity index (χ1v) is 5.66. The second-order valence-electron chi connectivity index (χ2n) is 3.72. The van der Waals surface area contributed by atoms with Gasteiger partial charge in [-0.05, 0) is 25.1 Å². The third-order valence-corrected chi connectivity index (χ3v) is 2.51. The maximum atomic E-state index is 11.3. The molecule has 0 saturated heterocycles. The van der Waals surface area contributed by atoms with Gasteiger partial charge in [-0.25, -0.2) is 0 Å². The van der Waals surface area contributed by atoms with Crippen LogP contribution >= 0.6 is 0 Å². The number of esters is 1. The molecule has 0 saturated carbocycles. The van der Waals surface area contributed by atoms with Crippen LogP contribution in [0.5, 0.6) is 0 Å². The van der Waals surface area contributed by atoms with Crippen LogP contribution in [0.3, 0.4) is 0 Å². The molecule has 1 aromatic carbocycles. The number of nitriles is 1. The number of anilines is 1. The van der Waals surface area contributed by atoms with E-state index >= 15 is 0 Å². The number of carbonyl (C=O) groups is 1. The number of benzene rings is 1. The number of ether oxygens (including phenoxy) is 1. The number of H-pyrrole nitrogens is 1. The van der Waals surface area contributed by atoms with Crippen LogP contribution in [0.25, 0.3) is 10.9 Å². The second kappa shape index (κ2) is 5.23. The van der Waals surface area contributed by atoms with Crippen molar-refractivity contribution in [3.05, 3.63) is 30.0 Å². The highest BCUT2D eigenvalue weighted by atomic mass is 16.5. The summed E-state index contributed by atoms with van der Waals surface area (Å²) in [5, 5.41) is 12.7. The first kappa shape index (κ1) is 12.0. The molecule has 0 bridgehead atoms. The quantitative estimate of drug-likeness (QED) is 0.805. The number of aromatic amines is 1. The number of fused-ring (bicyclic) bond motifs is 1. The van der Waals surface area contributed by atoms with Crippen LogP contribution in [0.2, 0.25) is 0 Å². The number of aromatic nitrogens is 1. The minimum atomic E-state index is -0.300. The van der Waals surface area contributed by atoms with Gasteiger partial charge in [0.2, 0.25) is 0 Å². The third-order valence-electron chi connectivity index (χ3n) is 2.51. The average molecular weight is 243 g/mol. The highest BCUT2D eigenvalue weighted by Gasteiger charge is 2.06. The molecule has 0 spiro atoms. The monoisotopic (exact) mass is 243 g/mol. The van der Waals surface area contributed by atoms with Crippen molar-refractivity contribution in [3.63, 3.8) is 0 Å². The number of nitrogens with one attached hydrogen (secondary N) is 2. The molecule has 5 nitrogen and oxygen atoms in total. The van der Waals surface area contributed by atoms with Gasteiger partial charge in [-0.1, -0.05) is 6.07 Å². The Hall–Kier alpha value is -2.48. The van der Waals surface area contributed by atoms with Crippen molar-refractivity contribution >= 4 is 22.6 Å². The summed E-state index contributed by atoms with van der Waals surface area (Å²) in [6.45, 7) is 2.25. The number of hydrogen-bond donors (Lipinski definition) is 2. The van der Waals surface area contributed by atoms with Gasteiger partial charge in [-0.3, -0.25) is 4.79 Å². The molecule has 2 rings (SSSR count). The van der Waals surface area contributed by atoms with Crippen LogP contribution in [0, 0.1) is 11.3 Å². The Bertz CT molecular complexity index is 610. The van der Waals surface area contributed by atoms with Gasteiger partial charge in [0.1, 0.15) is 18.3 Å². The molecule has 0 aliphatic carbocycles. The maximum absolute atomic E-state index is 11.3. The number of nitrogens with zero attached hydrogens (tertiary/aromatic N) is 1. The van der Waals surface area contributed by atoms with Crippen LogP contribution in [0.4, 0.5) is 5.69 Å². The first-order chi connectivity index (χ1) is 8.74. The molecule has 0 atom stereocenters. The van der Waals surface area contributed by atoms with Gasteiger partial charge < -0.3 is 15.0 Å². The summed E-state index contributed by atoms with van der Waals surface area (Å²) in [7, 11) is 0. The molecule has 0 radical (unpaired) electrons. The lowest BCUT2D eigenvalue weighted by atomic mass is 10.2. The standard InChI is InChI=1S/C13H13N3O2/c1-2-18-13(17)8-15-11-4-3-5-12-10(11)6-9(7-14)16-12/h3-6,15-16H,2,8H2,1H3. The zero-order chi connectivity index (χ0) is 13.0. The van der Waals surface area contributed by atoms with Crippen molar-refractivity contribution in [2.45, 2.75) is 6.92 Å². The normalized spacial score (nSPS) is 10.0. The molecule has 0 fully saturated rings. The molecule has 92 valence electrons. The summed E-state index contributed by atoms with van der Waals surface area (Å²) in [6, 6.07) is 9.40. The van der Waals surface area contributed by atoms with Crippen LogP contribution < -0.4 is 5.32 Å². The number of carbonyl (C=O) groups excluding carboxylic acids is 1. The molecule has 0 unspecified atom stereocenters. The molecule has 18 heavy (non-hydrogen) atoms. The van der Waals surface area contributed by atoms with Crippen LogP contribution in [0.15, 0.2) is 24.3 Å². The maximum Gasteiger partial charge on any atom is 0.325 e. The molecular formula is C13H13N3O2.